The molecule has 1 aliphatic heterocycles. The number of hydrogen-bond donors (Lipinski definition) is 1. The first-order valence-electron chi connectivity index (χ1n) is 5.20. The van der Waals surface area contributed by atoms with Gasteiger partial charge in [0.05, 0.1) is 14.2 Å². The Balaban J connectivity index is 2.50. The smallest absolute Gasteiger partial charge is 0.273 e. The predicted molar refractivity (Wildman–Crippen MR) is 76.8 cm³/mol. The summed E-state index contributed by atoms with van der Waals surface area (Å²) < 4.78 is 11.1. The number of rotatable bonds is 3. The summed E-state index contributed by atoms with van der Waals surface area (Å²) in [7, 11) is 0.709. The highest BCUT2D eigenvalue weighted by Gasteiger charge is 2.42. The topological polar surface area (TPSA) is 47.6 Å². The SMILES string of the molecule is COS1(OC)C(=S)NC(=O)C1=Cc1ccccc1. The minimum atomic E-state index is -2.27. The van der Waals surface area contributed by atoms with Crippen LogP contribution in [0.25, 0.3) is 6.08 Å². The van der Waals surface area contributed by atoms with E-state index in [1.54, 1.807) is 6.08 Å². The molecule has 1 aromatic carbocycles. The summed E-state index contributed by atoms with van der Waals surface area (Å²) in [5.41, 5.74) is 0.901. The Kier molecular flexibility index (Phi) is 3.82. The molecular formula is C12H13NO3S2. The molecule has 1 heterocycles. The first-order valence-corrected chi connectivity index (χ1v) is 7.10. The van der Waals surface area contributed by atoms with E-state index in [2.05, 4.69) is 5.32 Å². The molecule has 1 amide bonds. The van der Waals surface area contributed by atoms with Gasteiger partial charge in [0.15, 0.2) is 4.32 Å². The van der Waals surface area contributed by atoms with Crippen LogP contribution in [-0.2, 0) is 13.2 Å². The van der Waals surface area contributed by atoms with Gasteiger partial charge in [-0.3, -0.25) is 18.5 Å². The Morgan fingerprint density at radius 2 is 1.83 bits per heavy atom. The minimum Gasteiger partial charge on any atom is -0.298 e. The highest BCUT2D eigenvalue weighted by Crippen LogP contribution is 2.60. The van der Waals surface area contributed by atoms with E-state index in [0.717, 1.165) is 5.56 Å². The molecule has 1 fully saturated rings. The molecular weight excluding hydrogens is 270 g/mol. The molecule has 0 saturated carbocycles. The summed E-state index contributed by atoms with van der Waals surface area (Å²) in [5, 5.41) is 2.59. The lowest BCUT2D eigenvalue weighted by Gasteiger charge is -2.34. The van der Waals surface area contributed by atoms with Crippen LogP contribution in [0.4, 0.5) is 0 Å². The Labute approximate surface area is 113 Å². The lowest BCUT2D eigenvalue weighted by molar-refractivity contribution is -0.115. The molecule has 18 heavy (non-hydrogen) atoms. The third kappa shape index (κ3) is 2.08. The van der Waals surface area contributed by atoms with Gasteiger partial charge in [-0.2, -0.15) is 0 Å². The van der Waals surface area contributed by atoms with Crippen molar-refractivity contribution >= 4 is 39.1 Å². The van der Waals surface area contributed by atoms with Crippen LogP contribution in [0.3, 0.4) is 0 Å². The van der Waals surface area contributed by atoms with Gasteiger partial charge < -0.3 is 0 Å². The second kappa shape index (κ2) is 5.19. The van der Waals surface area contributed by atoms with Crippen LogP contribution in [-0.4, -0.2) is 24.4 Å². The van der Waals surface area contributed by atoms with Crippen molar-refractivity contribution in [1.29, 1.82) is 0 Å². The van der Waals surface area contributed by atoms with Crippen molar-refractivity contribution in [2.24, 2.45) is 0 Å². The number of benzene rings is 1. The molecule has 1 aliphatic rings. The average Bonchev–Trinajstić information content (AvgIpc) is 2.63. The number of carbonyl (C=O) groups excluding carboxylic acids is 1. The molecule has 2 rings (SSSR count). The maximum Gasteiger partial charge on any atom is 0.273 e. The van der Waals surface area contributed by atoms with E-state index in [4.69, 9.17) is 20.6 Å². The number of amides is 1. The molecule has 1 aromatic rings. The van der Waals surface area contributed by atoms with Gasteiger partial charge in [0.1, 0.15) is 4.91 Å². The fourth-order valence-electron chi connectivity index (χ4n) is 1.69. The van der Waals surface area contributed by atoms with E-state index in [1.165, 1.54) is 14.2 Å². The maximum atomic E-state index is 11.9. The van der Waals surface area contributed by atoms with E-state index < -0.39 is 10.6 Å². The fourth-order valence-corrected chi connectivity index (χ4v) is 4.27. The van der Waals surface area contributed by atoms with Gasteiger partial charge in [-0.15, -0.1) is 10.6 Å². The van der Waals surface area contributed by atoms with Gasteiger partial charge in [-0.1, -0.05) is 30.3 Å². The van der Waals surface area contributed by atoms with Gasteiger partial charge in [0.25, 0.3) is 5.91 Å². The molecule has 6 heteroatoms. The van der Waals surface area contributed by atoms with Crippen LogP contribution in [0.2, 0.25) is 0 Å². The Morgan fingerprint density at radius 3 is 2.39 bits per heavy atom. The first kappa shape index (κ1) is 13.2. The summed E-state index contributed by atoms with van der Waals surface area (Å²) >= 11 is 5.14. The van der Waals surface area contributed by atoms with Gasteiger partial charge in [0, 0.05) is 0 Å². The van der Waals surface area contributed by atoms with Crippen molar-refractivity contribution in [3.8, 4) is 0 Å². The van der Waals surface area contributed by atoms with Crippen LogP contribution in [0.5, 0.6) is 0 Å². The van der Waals surface area contributed by atoms with Crippen LogP contribution in [0.15, 0.2) is 35.2 Å². The highest BCUT2D eigenvalue weighted by atomic mass is 32.3. The Morgan fingerprint density at radius 1 is 1.22 bits per heavy atom. The predicted octanol–water partition coefficient (Wildman–Crippen LogP) is 2.37. The summed E-state index contributed by atoms with van der Waals surface area (Å²) in [6, 6.07) is 9.50. The second-order valence-electron chi connectivity index (χ2n) is 3.50. The molecule has 96 valence electrons. The Hall–Kier alpha value is -1.21. The van der Waals surface area contributed by atoms with Gasteiger partial charge >= 0.3 is 0 Å². The normalized spacial score (nSPS) is 22.0. The number of nitrogens with one attached hydrogen (secondary N) is 1. The standard InChI is InChI=1S/C12H13NO3S2/c1-15-18(16-2)10(11(14)13-12(18)17)8-9-6-4-3-5-7-9/h3-8H,1-2H3,(H,13,14,17). The van der Waals surface area contributed by atoms with Crippen molar-refractivity contribution < 1.29 is 13.2 Å². The lowest BCUT2D eigenvalue weighted by Crippen LogP contribution is -2.20. The van der Waals surface area contributed by atoms with E-state index in [9.17, 15) is 4.79 Å². The van der Waals surface area contributed by atoms with Crippen LogP contribution in [0.1, 0.15) is 5.56 Å². The first-order chi connectivity index (χ1) is 8.64. The monoisotopic (exact) mass is 283 g/mol. The van der Waals surface area contributed by atoms with Crippen molar-refractivity contribution in [2.45, 2.75) is 0 Å². The molecule has 0 bridgehead atoms. The molecule has 0 atom stereocenters. The Bertz CT molecular complexity index is 509. The third-order valence-electron chi connectivity index (χ3n) is 2.54. The average molecular weight is 283 g/mol. The maximum absolute atomic E-state index is 11.9. The summed E-state index contributed by atoms with van der Waals surface area (Å²) in [4.78, 5) is 12.4. The lowest BCUT2D eigenvalue weighted by atomic mass is 10.2. The van der Waals surface area contributed by atoms with E-state index in [0.29, 0.717) is 9.23 Å². The van der Waals surface area contributed by atoms with E-state index in [1.807, 2.05) is 30.3 Å². The molecule has 0 unspecified atom stereocenters. The zero-order valence-electron chi connectivity index (χ0n) is 10.0. The van der Waals surface area contributed by atoms with Gasteiger partial charge in [-0.05, 0) is 23.9 Å². The van der Waals surface area contributed by atoms with Crippen LogP contribution < -0.4 is 5.32 Å². The van der Waals surface area contributed by atoms with Gasteiger partial charge in [0.2, 0.25) is 0 Å². The molecule has 0 aliphatic carbocycles. The fraction of sp³-hybridized carbons (Fsp3) is 0.167. The molecule has 1 saturated heterocycles. The molecule has 0 spiro atoms. The number of thiocarbonyl (C=S) groups is 1. The van der Waals surface area contributed by atoms with E-state index in [-0.39, 0.29) is 5.91 Å². The summed E-state index contributed by atoms with van der Waals surface area (Å²) in [6.07, 6.45) is 1.75. The van der Waals surface area contributed by atoms with Crippen molar-refractivity contribution in [3.63, 3.8) is 0 Å². The molecule has 0 radical (unpaired) electrons. The van der Waals surface area contributed by atoms with Crippen LogP contribution in [0, 0.1) is 0 Å². The zero-order chi connectivity index (χ0) is 13.2. The summed E-state index contributed by atoms with van der Waals surface area (Å²) in [6.45, 7) is 0. The van der Waals surface area contributed by atoms with Crippen LogP contribution >= 0.6 is 22.8 Å². The van der Waals surface area contributed by atoms with Crippen molar-refractivity contribution in [1.82, 2.24) is 5.32 Å². The second-order valence-corrected chi connectivity index (χ2v) is 6.69. The molecule has 0 aromatic heterocycles. The number of carbonyl (C=O) groups is 1. The van der Waals surface area contributed by atoms with Gasteiger partial charge in [-0.25, -0.2) is 0 Å². The minimum absolute atomic E-state index is 0.262. The quantitative estimate of drug-likeness (QED) is 0.683. The summed E-state index contributed by atoms with van der Waals surface area (Å²) in [5.74, 6) is -0.262. The largest absolute Gasteiger partial charge is 0.298 e. The molecule has 4 nitrogen and oxygen atoms in total. The van der Waals surface area contributed by atoms with Crippen molar-refractivity contribution in [3.05, 3.63) is 40.8 Å². The van der Waals surface area contributed by atoms with Crippen molar-refractivity contribution in [2.75, 3.05) is 14.2 Å². The highest BCUT2D eigenvalue weighted by molar-refractivity contribution is 8.47. The number of hydrogen-bond acceptors (Lipinski definition) is 4. The van der Waals surface area contributed by atoms with E-state index >= 15 is 0 Å². The zero-order valence-corrected chi connectivity index (χ0v) is 11.6. The molecule has 1 N–H and O–H groups in total. The third-order valence-corrected chi connectivity index (χ3v) is 5.71.